The van der Waals surface area contributed by atoms with E-state index in [1.165, 1.54) is 0 Å². The van der Waals surface area contributed by atoms with E-state index in [1.54, 1.807) is 13.8 Å². The average Bonchev–Trinajstić information content (AvgIpc) is 2.43. The summed E-state index contributed by atoms with van der Waals surface area (Å²) < 4.78 is 0. The van der Waals surface area contributed by atoms with Gasteiger partial charge in [-0.3, -0.25) is 14.4 Å². The van der Waals surface area contributed by atoms with Crippen LogP contribution in [0.1, 0.15) is 26.7 Å². The first-order valence-electron chi connectivity index (χ1n) is 7.00. The van der Waals surface area contributed by atoms with Crippen LogP contribution in [0.4, 0.5) is 0 Å². The highest BCUT2D eigenvalue weighted by atomic mass is 16.4. The number of hydrogen-bond donors (Lipinski definition) is 6. The molecule has 0 aromatic heterocycles. The molecule has 0 rings (SSSR count). The Balaban J connectivity index is 5.01. The fourth-order valence-electron chi connectivity index (χ4n) is 1.71. The number of hydrogen-bond acceptors (Lipinski definition) is 6. The molecule has 7 N–H and O–H groups in total. The minimum absolute atomic E-state index is 0.0215. The summed E-state index contributed by atoms with van der Waals surface area (Å²) in [6.07, 6.45) is -0.602. The minimum atomic E-state index is -1.49. The molecule has 0 bridgehead atoms. The summed E-state index contributed by atoms with van der Waals surface area (Å²) in [7, 11) is 0. The molecule has 0 radical (unpaired) electrons. The highest BCUT2D eigenvalue weighted by Crippen LogP contribution is 2.06. The number of carboxylic acids is 2. The van der Waals surface area contributed by atoms with Gasteiger partial charge in [-0.2, -0.15) is 0 Å². The molecular formula is C13H23N3O7. The zero-order valence-electron chi connectivity index (χ0n) is 13.0. The Morgan fingerprint density at radius 1 is 1.00 bits per heavy atom. The lowest BCUT2D eigenvalue weighted by atomic mass is 10.0. The maximum absolute atomic E-state index is 12.1. The van der Waals surface area contributed by atoms with Crippen LogP contribution >= 0.6 is 0 Å². The molecular weight excluding hydrogens is 310 g/mol. The van der Waals surface area contributed by atoms with Gasteiger partial charge in [-0.15, -0.1) is 0 Å². The topological polar surface area (TPSA) is 179 Å². The summed E-state index contributed by atoms with van der Waals surface area (Å²) in [5.41, 5.74) is 5.28. The summed E-state index contributed by atoms with van der Waals surface area (Å²) in [5.74, 6) is -4.51. The number of nitrogens with two attached hydrogens (primary N) is 1. The van der Waals surface area contributed by atoms with Crippen molar-refractivity contribution in [1.29, 1.82) is 0 Å². The number of carboxylic acid groups (broad SMARTS) is 2. The van der Waals surface area contributed by atoms with Crippen molar-refractivity contribution in [3.8, 4) is 0 Å². The van der Waals surface area contributed by atoms with Gasteiger partial charge in [0.05, 0.1) is 13.0 Å². The van der Waals surface area contributed by atoms with E-state index in [9.17, 15) is 19.2 Å². The van der Waals surface area contributed by atoms with Crippen molar-refractivity contribution >= 4 is 23.8 Å². The van der Waals surface area contributed by atoms with E-state index in [-0.39, 0.29) is 12.3 Å². The predicted molar refractivity (Wildman–Crippen MR) is 78.3 cm³/mol. The van der Waals surface area contributed by atoms with E-state index in [2.05, 4.69) is 10.6 Å². The van der Waals surface area contributed by atoms with E-state index < -0.39 is 54.9 Å². The van der Waals surface area contributed by atoms with Crippen molar-refractivity contribution in [1.82, 2.24) is 10.6 Å². The maximum Gasteiger partial charge on any atom is 0.326 e. The molecule has 0 spiro atoms. The molecule has 23 heavy (non-hydrogen) atoms. The number of rotatable bonds is 10. The second-order valence-corrected chi connectivity index (χ2v) is 5.48. The average molecular weight is 333 g/mol. The Hall–Kier alpha value is -2.20. The van der Waals surface area contributed by atoms with Gasteiger partial charge in [0.15, 0.2) is 0 Å². The van der Waals surface area contributed by atoms with Crippen LogP contribution in [0.25, 0.3) is 0 Å². The third-order valence-corrected chi connectivity index (χ3v) is 2.87. The molecule has 2 amide bonds. The van der Waals surface area contributed by atoms with Crippen molar-refractivity contribution in [3.05, 3.63) is 0 Å². The van der Waals surface area contributed by atoms with Gasteiger partial charge in [0.25, 0.3) is 0 Å². The number of carbonyl (C=O) groups is 4. The molecule has 3 atom stereocenters. The largest absolute Gasteiger partial charge is 0.481 e. The Labute approximate surface area is 133 Å². The molecule has 0 heterocycles. The summed E-state index contributed by atoms with van der Waals surface area (Å²) in [5, 5.41) is 30.9. The van der Waals surface area contributed by atoms with Gasteiger partial charge in [-0.25, -0.2) is 4.79 Å². The highest BCUT2D eigenvalue weighted by molar-refractivity contribution is 5.93. The molecule has 10 nitrogen and oxygen atoms in total. The van der Waals surface area contributed by atoms with E-state index in [0.29, 0.717) is 0 Å². The first-order valence-corrected chi connectivity index (χ1v) is 7.00. The van der Waals surface area contributed by atoms with Gasteiger partial charge >= 0.3 is 11.9 Å². The Bertz CT molecular complexity index is 453. The third kappa shape index (κ3) is 8.12. The second kappa shape index (κ2) is 9.74. The lowest BCUT2D eigenvalue weighted by Gasteiger charge is -2.22. The van der Waals surface area contributed by atoms with Crippen LogP contribution in [0.2, 0.25) is 0 Å². The number of aliphatic hydroxyl groups excluding tert-OH is 1. The van der Waals surface area contributed by atoms with E-state index in [4.69, 9.17) is 21.1 Å². The van der Waals surface area contributed by atoms with E-state index in [1.807, 2.05) is 0 Å². The van der Waals surface area contributed by atoms with Crippen LogP contribution in [0.5, 0.6) is 0 Å². The zero-order valence-corrected chi connectivity index (χ0v) is 13.0. The highest BCUT2D eigenvalue weighted by Gasteiger charge is 2.29. The van der Waals surface area contributed by atoms with Gasteiger partial charge in [-0.1, -0.05) is 13.8 Å². The van der Waals surface area contributed by atoms with Crippen LogP contribution in [-0.4, -0.2) is 63.8 Å². The normalized spacial score (nSPS) is 14.7. The van der Waals surface area contributed by atoms with Crippen LogP contribution in [0.3, 0.4) is 0 Å². The summed E-state index contributed by atoms with van der Waals surface area (Å²) >= 11 is 0. The standard InChI is InChI=1S/C13H23N3O7/c1-6(2)3-9(13(22)23)16-12(21)8(4-10(18)19)15-11(20)7(14)5-17/h6-9,17H,3-5,14H2,1-2H3,(H,15,20)(H,16,21)(H,18,19)(H,22,23). The summed E-state index contributed by atoms with van der Waals surface area (Å²) in [4.78, 5) is 45.6. The molecule has 132 valence electrons. The van der Waals surface area contributed by atoms with Crippen LogP contribution in [-0.2, 0) is 19.2 Å². The number of aliphatic carboxylic acids is 2. The minimum Gasteiger partial charge on any atom is -0.481 e. The lowest BCUT2D eigenvalue weighted by molar-refractivity contribution is -0.143. The number of nitrogens with one attached hydrogen (secondary N) is 2. The quantitative estimate of drug-likeness (QED) is 0.262. The van der Waals surface area contributed by atoms with Crippen molar-refractivity contribution < 1.29 is 34.5 Å². The maximum atomic E-state index is 12.1. The second-order valence-electron chi connectivity index (χ2n) is 5.48. The summed E-state index contributed by atoms with van der Waals surface area (Å²) in [6.45, 7) is 2.84. The van der Waals surface area contributed by atoms with Gasteiger partial charge in [0.1, 0.15) is 18.1 Å². The Morgan fingerprint density at radius 3 is 1.91 bits per heavy atom. The van der Waals surface area contributed by atoms with E-state index >= 15 is 0 Å². The molecule has 0 aromatic carbocycles. The monoisotopic (exact) mass is 333 g/mol. The Morgan fingerprint density at radius 2 is 1.52 bits per heavy atom. The van der Waals surface area contributed by atoms with Gasteiger partial charge in [-0.05, 0) is 12.3 Å². The molecule has 0 fully saturated rings. The number of carbonyl (C=O) groups excluding carboxylic acids is 2. The molecule has 0 saturated carbocycles. The first-order chi connectivity index (χ1) is 10.6. The molecule has 0 aliphatic heterocycles. The SMILES string of the molecule is CC(C)CC(NC(=O)C(CC(=O)O)NC(=O)C(N)CO)C(=O)O. The van der Waals surface area contributed by atoms with Crippen LogP contribution in [0.15, 0.2) is 0 Å². The first kappa shape index (κ1) is 20.8. The van der Waals surface area contributed by atoms with Crippen molar-refractivity contribution in [2.75, 3.05) is 6.61 Å². The van der Waals surface area contributed by atoms with Gasteiger partial charge < -0.3 is 31.7 Å². The number of amides is 2. The number of aliphatic hydroxyl groups is 1. The fraction of sp³-hybridized carbons (Fsp3) is 0.692. The van der Waals surface area contributed by atoms with Gasteiger partial charge in [0, 0.05) is 0 Å². The van der Waals surface area contributed by atoms with Crippen molar-refractivity contribution in [2.24, 2.45) is 11.7 Å². The molecule has 3 unspecified atom stereocenters. The molecule has 0 saturated heterocycles. The molecule has 0 aliphatic carbocycles. The fourth-order valence-corrected chi connectivity index (χ4v) is 1.71. The van der Waals surface area contributed by atoms with Crippen molar-refractivity contribution in [3.63, 3.8) is 0 Å². The van der Waals surface area contributed by atoms with E-state index in [0.717, 1.165) is 0 Å². The van der Waals surface area contributed by atoms with Crippen LogP contribution < -0.4 is 16.4 Å². The van der Waals surface area contributed by atoms with Crippen molar-refractivity contribution in [2.45, 2.75) is 44.8 Å². The molecule has 10 heteroatoms. The third-order valence-electron chi connectivity index (χ3n) is 2.87. The summed E-state index contributed by atoms with van der Waals surface area (Å²) in [6, 6.07) is -4.01. The zero-order chi connectivity index (χ0) is 18.2. The lowest BCUT2D eigenvalue weighted by Crippen LogP contribution is -2.55. The van der Waals surface area contributed by atoms with Gasteiger partial charge in [0.2, 0.25) is 11.8 Å². The molecule has 0 aromatic rings. The Kier molecular flexibility index (Phi) is 8.81. The smallest absolute Gasteiger partial charge is 0.326 e. The molecule has 0 aliphatic rings. The van der Waals surface area contributed by atoms with Crippen LogP contribution in [0, 0.1) is 5.92 Å². The predicted octanol–water partition coefficient (Wildman–Crippen LogP) is -2.12.